The zero-order valence-corrected chi connectivity index (χ0v) is 13.6. The van der Waals surface area contributed by atoms with Crippen LogP contribution in [0.5, 0.6) is 5.75 Å². The number of para-hydroxylation sites is 1. The van der Waals surface area contributed by atoms with Crippen molar-refractivity contribution in [3.05, 3.63) is 65.2 Å². The molecule has 2 heteroatoms. The molecule has 0 heterocycles. The molecule has 0 N–H and O–H groups in total. The van der Waals surface area contributed by atoms with E-state index in [2.05, 4.69) is 31.2 Å². The summed E-state index contributed by atoms with van der Waals surface area (Å²) in [6, 6.07) is 16.6. The quantitative estimate of drug-likeness (QED) is 0.591. The highest BCUT2D eigenvalue weighted by Gasteiger charge is 2.15. The highest BCUT2D eigenvalue weighted by molar-refractivity contribution is 6.22. The van der Waals surface area contributed by atoms with Gasteiger partial charge < -0.3 is 4.74 Å². The van der Waals surface area contributed by atoms with E-state index in [0.29, 0.717) is 6.61 Å². The Morgan fingerprint density at radius 2 is 1.71 bits per heavy atom. The first-order valence-corrected chi connectivity index (χ1v) is 8.14. The monoisotopic (exact) mass is 302 g/mol. The minimum Gasteiger partial charge on any atom is -0.494 e. The number of rotatable bonds is 7. The second-order valence-corrected chi connectivity index (χ2v) is 5.61. The highest BCUT2D eigenvalue weighted by atomic mass is 35.5. The van der Waals surface area contributed by atoms with Gasteiger partial charge in [-0.2, -0.15) is 0 Å². The largest absolute Gasteiger partial charge is 0.494 e. The Morgan fingerprint density at radius 1 is 1.00 bits per heavy atom. The number of hydrogen-bond donors (Lipinski definition) is 0. The van der Waals surface area contributed by atoms with Gasteiger partial charge in [0.2, 0.25) is 0 Å². The molecule has 0 amide bonds. The zero-order chi connectivity index (χ0) is 15.1. The van der Waals surface area contributed by atoms with Crippen LogP contribution in [0.1, 0.15) is 48.8 Å². The number of unbranched alkanes of at least 4 members (excludes halogenated alkanes) is 1. The summed E-state index contributed by atoms with van der Waals surface area (Å²) in [5, 5.41) is -0.173. The topological polar surface area (TPSA) is 9.23 Å². The van der Waals surface area contributed by atoms with Crippen LogP contribution < -0.4 is 4.74 Å². The molecule has 2 aromatic rings. The fraction of sp³-hybridized carbons (Fsp3) is 0.368. The highest BCUT2D eigenvalue weighted by Crippen LogP contribution is 2.35. The lowest BCUT2D eigenvalue weighted by Crippen LogP contribution is -2.00. The summed E-state index contributed by atoms with van der Waals surface area (Å²) in [6.07, 6.45) is 3.59. The van der Waals surface area contributed by atoms with Gasteiger partial charge in [0, 0.05) is 5.56 Å². The first-order chi connectivity index (χ1) is 10.3. The summed E-state index contributed by atoms with van der Waals surface area (Å²) in [7, 11) is 0. The molecule has 0 radical (unpaired) electrons. The maximum atomic E-state index is 6.65. The number of alkyl halides is 1. The fourth-order valence-corrected chi connectivity index (χ4v) is 2.72. The van der Waals surface area contributed by atoms with Crippen LogP contribution in [0.2, 0.25) is 0 Å². The Labute approximate surface area is 132 Å². The van der Waals surface area contributed by atoms with Gasteiger partial charge in [-0.25, -0.2) is 0 Å². The maximum Gasteiger partial charge on any atom is 0.124 e. The van der Waals surface area contributed by atoms with E-state index in [1.807, 2.05) is 31.2 Å². The second kappa shape index (κ2) is 8.09. The van der Waals surface area contributed by atoms with Crippen LogP contribution in [0.3, 0.4) is 0 Å². The number of ether oxygens (including phenoxy) is 1. The minimum atomic E-state index is -0.173. The lowest BCUT2D eigenvalue weighted by molar-refractivity contribution is 0.337. The maximum absolute atomic E-state index is 6.65. The molecule has 0 bridgehead atoms. The van der Waals surface area contributed by atoms with Crippen molar-refractivity contribution >= 4 is 11.6 Å². The number of aryl methyl sites for hydroxylation is 1. The van der Waals surface area contributed by atoms with E-state index in [0.717, 1.165) is 23.3 Å². The van der Waals surface area contributed by atoms with Gasteiger partial charge in [-0.3, -0.25) is 0 Å². The molecule has 1 atom stereocenters. The van der Waals surface area contributed by atoms with E-state index < -0.39 is 0 Å². The van der Waals surface area contributed by atoms with Crippen molar-refractivity contribution in [1.29, 1.82) is 0 Å². The van der Waals surface area contributed by atoms with E-state index in [4.69, 9.17) is 16.3 Å². The summed E-state index contributed by atoms with van der Waals surface area (Å²) < 4.78 is 5.67. The predicted octanol–water partition coefficient (Wildman–Crippen LogP) is 5.76. The molecule has 112 valence electrons. The van der Waals surface area contributed by atoms with Gasteiger partial charge in [0.05, 0.1) is 12.0 Å². The lowest BCUT2D eigenvalue weighted by Gasteiger charge is -2.15. The smallest absolute Gasteiger partial charge is 0.124 e. The second-order valence-electron chi connectivity index (χ2n) is 5.18. The molecule has 0 aliphatic carbocycles. The van der Waals surface area contributed by atoms with Crippen molar-refractivity contribution in [2.24, 2.45) is 0 Å². The average Bonchev–Trinajstić information content (AvgIpc) is 2.53. The van der Waals surface area contributed by atoms with Gasteiger partial charge in [0.25, 0.3) is 0 Å². The van der Waals surface area contributed by atoms with Gasteiger partial charge in [-0.05, 0) is 37.0 Å². The lowest BCUT2D eigenvalue weighted by atomic mass is 10.0. The molecule has 2 aromatic carbocycles. The first-order valence-electron chi connectivity index (χ1n) is 7.70. The Balaban J connectivity index is 2.17. The molecule has 1 nitrogen and oxygen atoms in total. The zero-order valence-electron chi connectivity index (χ0n) is 12.8. The number of halogens is 1. The molecular formula is C19H23ClO. The predicted molar refractivity (Wildman–Crippen MR) is 90.4 cm³/mol. The van der Waals surface area contributed by atoms with Crippen molar-refractivity contribution in [3.63, 3.8) is 0 Å². The summed E-state index contributed by atoms with van der Waals surface area (Å²) >= 11 is 6.65. The van der Waals surface area contributed by atoms with E-state index in [1.54, 1.807) is 0 Å². The van der Waals surface area contributed by atoms with E-state index in [9.17, 15) is 0 Å². The van der Waals surface area contributed by atoms with Gasteiger partial charge >= 0.3 is 0 Å². The fourth-order valence-electron chi connectivity index (χ4n) is 2.39. The van der Waals surface area contributed by atoms with Crippen LogP contribution in [0.4, 0.5) is 0 Å². The van der Waals surface area contributed by atoms with Gasteiger partial charge in [0.1, 0.15) is 5.75 Å². The molecule has 0 spiro atoms. The molecule has 0 aromatic heterocycles. The average molecular weight is 303 g/mol. The van der Waals surface area contributed by atoms with Gasteiger partial charge in [-0.1, -0.05) is 55.8 Å². The third-order valence-corrected chi connectivity index (χ3v) is 4.07. The molecule has 0 saturated carbocycles. The summed E-state index contributed by atoms with van der Waals surface area (Å²) in [5.41, 5.74) is 3.52. The van der Waals surface area contributed by atoms with Crippen LogP contribution in [0.25, 0.3) is 0 Å². The molecule has 0 saturated heterocycles. The third kappa shape index (κ3) is 4.25. The molecule has 1 unspecified atom stereocenters. The van der Waals surface area contributed by atoms with Gasteiger partial charge in [0.15, 0.2) is 0 Å². The number of benzene rings is 2. The standard InChI is InChI=1S/C19H23ClO/c1-3-5-8-15-11-13-16(14-12-15)19(20)17-9-6-7-10-18(17)21-4-2/h6-7,9-14,19H,3-5,8H2,1-2H3. The molecule has 0 aliphatic rings. The van der Waals surface area contributed by atoms with Crippen LogP contribution in [-0.2, 0) is 6.42 Å². The summed E-state index contributed by atoms with van der Waals surface area (Å²) in [5.74, 6) is 0.870. The number of hydrogen-bond acceptors (Lipinski definition) is 1. The third-order valence-electron chi connectivity index (χ3n) is 3.58. The van der Waals surface area contributed by atoms with E-state index in [-0.39, 0.29) is 5.38 Å². The van der Waals surface area contributed by atoms with Crippen LogP contribution >= 0.6 is 11.6 Å². The summed E-state index contributed by atoms with van der Waals surface area (Å²) in [4.78, 5) is 0. The molecule has 0 fully saturated rings. The van der Waals surface area contributed by atoms with Crippen molar-refractivity contribution in [2.45, 2.75) is 38.5 Å². The van der Waals surface area contributed by atoms with Gasteiger partial charge in [-0.15, -0.1) is 11.6 Å². The van der Waals surface area contributed by atoms with Crippen molar-refractivity contribution in [2.75, 3.05) is 6.61 Å². The Hall–Kier alpha value is -1.47. The first kappa shape index (κ1) is 15.9. The van der Waals surface area contributed by atoms with Crippen molar-refractivity contribution in [3.8, 4) is 5.75 Å². The Kier molecular flexibility index (Phi) is 6.13. The Morgan fingerprint density at radius 3 is 2.38 bits per heavy atom. The van der Waals surface area contributed by atoms with E-state index in [1.165, 1.54) is 18.4 Å². The molecule has 21 heavy (non-hydrogen) atoms. The SMILES string of the molecule is CCCCc1ccc(C(Cl)c2ccccc2OCC)cc1. The molecule has 0 aliphatic heterocycles. The van der Waals surface area contributed by atoms with Crippen LogP contribution in [0, 0.1) is 0 Å². The molecular weight excluding hydrogens is 280 g/mol. The van der Waals surface area contributed by atoms with Crippen molar-refractivity contribution in [1.82, 2.24) is 0 Å². The van der Waals surface area contributed by atoms with Crippen LogP contribution in [0.15, 0.2) is 48.5 Å². The van der Waals surface area contributed by atoms with Crippen molar-refractivity contribution < 1.29 is 4.74 Å². The molecule has 2 rings (SSSR count). The summed E-state index contributed by atoms with van der Waals surface area (Å²) in [6.45, 7) is 4.85. The minimum absolute atomic E-state index is 0.173. The van der Waals surface area contributed by atoms with E-state index >= 15 is 0 Å². The normalized spacial score (nSPS) is 12.1. The van der Waals surface area contributed by atoms with Crippen LogP contribution in [-0.4, -0.2) is 6.61 Å². The Bertz CT molecular complexity index is 548.